The molecule has 4 nitrogen and oxygen atoms in total. The quantitative estimate of drug-likeness (QED) is 0.864. The van der Waals surface area contributed by atoms with Gasteiger partial charge in [0.25, 0.3) is 0 Å². The predicted octanol–water partition coefficient (Wildman–Crippen LogP) is 3.89. The average molecular weight is 290 g/mol. The smallest absolute Gasteiger partial charge is 0.319 e. The number of urea groups is 1. The molecule has 0 saturated heterocycles. The second kappa shape index (κ2) is 6.37. The molecule has 1 aromatic rings. The monoisotopic (exact) mass is 290 g/mol. The molecule has 2 N–H and O–H groups in total. The number of benzene rings is 1. The van der Waals surface area contributed by atoms with Crippen LogP contribution in [0.4, 0.5) is 10.5 Å². The number of rotatable bonds is 5. The van der Waals surface area contributed by atoms with Crippen LogP contribution in [0.5, 0.6) is 5.75 Å². The van der Waals surface area contributed by atoms with Crippen molar-refractivity contribution in [1.29, 1.82) is 0 Å². The van der Waals surface area contributed by atoms with Crippen LogP contribution in [-0.4, -0.2) is 19.7 Å². The molecule has 0 bridgehead atoms. The van der Waals surface area contributed by atoms with Crippen molar-refractivity contribution >= 4 is 11.7 Å². The van der Waals surface area contributed by atoms with Crippen molar-refractivity contribution in [3.8, 4) is 5.75 Å². The largest absolute Gasteiger partial charge is 0.497 e. The SMILES string of the molecule is CC[C@@H]1C[C@H](CNC(=O)Nc2ccc(OC)cc2)C1(C)C. The first-order chi connectivity index (χ1) is 9.97. The molecule has 21 heavy (non-hydrogen) atoms. The Kier molecular flexibility index (Phi) is 4.76. The van der Waals surface area contributed by atoms with Gasteiger partial charge in [-0.2, -0.15) is 0 Å². The minimum absolute atomic E-state index is 0.143. The number of nitrogens with one attached hydrogen (secondary N) is 2. The van der Waals surface area contributed by atoms with E-state index in [1.165, 1.54) is 12.8 Å². The topological polar surface area (TPSA) is 50.4 Å². The highest BCUT2D eigenvalue weighted by Crippen LogP contribution is 2.52. The van der Waals surface area contributed by atoms with E-state index >= 15 is 0 Å². The maximum absolute atomic E-state index is 11.9. The summed E-state index contributed by atoms with van der Waals surface area (Å²) >= 11 is 0. The zero-order valence-corrected chi connectivity index (χ0v) is 13.4. The van der Waals surface area contributed by atoms with Gasteiger partial charge in [0, 0.05) is 12.2 Å². The minimum atomic E-state index is -0.143. The van der Waals surface area contributed by atoms with E-state index in [9.17, 15) is 4.79 Å². The normalized spacial score (nSPS) is 23.0. The first-order valence-electron chi connectivity index (χ1n) is 7.66. The minimum Gasteiger partial charge on any atom is -0.497 e. The Hall–Kier alpha value is -1.71. The van der Waals surface area contributed by atoms with Crippen LogP contribution in [0.1, 0.15) is 33.6 Å². The second-order valence-corrected chi connectivity index (χ2v) is 6.42. The Bertz CT molecular complexity index is 482. The highest BCUT2D eigenvalue weighted by atomic mass is 16.5. The molecule has 1 fully saturated rings. The Labute approximate surface area is 127 Å². The zero-order valence-electron chi connectivity index (χ0n) is 13.4. The molecule has 2 atom stereocenters. The molecule has 4 heteroatoms. The summed E-state index contributed by atoms with van der Waals surface area (Å²) in [6, 6.07) is 7.18. The summed E-state index contributed by atoms with van der Waals surface area (Å²) in [6.45, 7) is 7.59. The Balaban J connectivity index is 1.77. The molecule has 0 aliphatic heterocycles. The van der Waals surface area contributed by atoms with Crippen LogP contribution in [0.3, 0.4) is 0 Å². The van der Waals surface area contributed by atoms with Gasteiger partial charge in [0.15, 0.2) is 0 Å². The van der Waals surface area contributed by atoms with E-state index in [-0.39, 0.29) is 6.03 Å². The van der Waals surface area contributed by atoms with Gasteiger partial charge in [0.05, 0.1) is 7.11 Å². The molecule has 1 aliphatic carbocycles. The molecular formula is C17H26N2O2. The molecular weight excluding hydrogens is 264 g/mol. The van der Waals surface area contributed by atoms with Crippen LogP contribution in [-0.2, 0) is 0 Å². The van der Waals surface area contributed by atoms with E-state index in [0.717, 1.165) is 23.9 Å². The highest BCUT2D eigenvalue weighted by Gasteiger charge is 2.46. The summed E-state index contributed by atoms with van der Waals surface area (Å²) < 4.78 is 5.09. The van der Waals surface area contributed by atoms with Crippen LogP contribution >= 0.6 is 0 Å². The fourth-order valence-electron chi connectivity index (χ4n) is 3.23. The first kappa shape index (κ1) is 15.7. The number of carbonyl (C=O) groups is 1. The molecule has 1 saturated carbocycles. The highest BCUT2D eigenvalue weighted by molar-refractivity contribution is 5.89. The molecule has 1 aliphatic rings. The fourth-order valence-corrected chi connectivity index (χ4v) is 3.23. The molecule has 0 spiro atoms. The van der Waals surface area contributed by atoms with Gasteiger partial charge in [-0.1, -0.05) is 27.2 Å². The number of carbonyl (C=O) groups excluding carboxylic acids is 1. The lowest BCUT2D eigenvalue weighted by Crippen LogP contribution is -2.50. The van der Waals surface area contributed by atoms with Crippen LogP contribution < -0.4 is 15.4 Å². The maximum atomic E-state index is 11.9. The second-order valence-electron chi connectivity index (χ2n) is 6.42. The molecule has 0 unspecified atom stereocenters. The van der Waals surface area contributed by atoms with E-state index in [0.29, 0.717) is 11.3 Å². The van der Waals surface area contributed by atoms with E-state index in [2.05, 4.69) is 31.4 Å². The van der Waals surface area contributed by atoms with Gasteiger partial charge >= 0.3 is 6.03 Å². The van der Waals surface area contributed by atoms with E-state index in [1.807, 2.05) is 24.3 Å². The maximum Gasteiger partial charge on any atom is 0.319 e. The van der Waals surface area contributed by atoms with E-state index in [1.54, 1.807) is 7.11 Å². The van der Waals surface area contributed by atoms with Crippen molar-refractivity contribution in [2.24, 2.45) is 17.3 Å². The van der Waals surface area contributed by atoms with Crippen LogP contribution in [0.25, 0.3) is 0 Å². The van der Waals surface area contributed by atoms with Crippen molar-refractivity contribution in [2.45, 2.75) is 33.6 Å². The van der Waals surface area contributed by atoms with Gasteiger partial charge in [0.2, 0.25) is 0 Å². The van der Waals surface area contributed by atoms with Crippen molar-refractivity contribution in [3.63, 3.8) is 0 Å². The third-order valence-electron chi connectivity index (χ3n) is 5.02. The molecule has 116 valence electrons. The summed E-state index contributed by atoms with van der Waals surface area (Å²) in [5.74, 6) is 2.14. The number of hydrogen-bond acceptors (Lipinski definition) is 2. The fraction of sp³-hybridized carbons (Fsp3) is 0.588. The van der Waals surface area contributed by atoms with Crippen molar-refractivity contribution in [1.82, 2.24) is 5.32 Å². The molecule has 1 aromatic carbocycles. The summed E-state index contributed by atoms with van der Waals surface area (Å²) in [5, 5.41) is 5.82. The van der Waals surface area contributed by atoms with Gasteiger partial charge < -0.3 is 15.4 Å². The third-order valence-corrected chi connectivity index (χ3v) is 5.02. The zero-order chi connectivity index (χ0) is 15.5. The number of anilines is 1. The molecule has 0 radical (unpaired) electrons. The summed E-state index contributed by atoms with van der Waals surface area (Å²) in [4.78, 5) is 11.9. The van der Waals surface area contributed by atoms with Crippen molar-refractivity contribution in [2.75, 3.05) is 19.0 Å². The van der Waals surface area contributed by atoms with Gasteiger partial charge in [-0.15, -0.1) is 0 Å². The van der Waals surface area contributed by atoms with Crippen LogP contribution in [0.2, 0.25) is 0 Å². The van der Waals surface area contributed by atoms with Gasteiger partial charge in [-0.3, -0.25) is 0 Å². The Morgan fingerprint density at radius 1 is 1.29 bits per heavy atom. The summed E-state index contributed by atoms with van der Waals surface area (Å²) in [7, 11) is 1.62. The first-order valence-corrected chi connectivity index (χ1v) is 7.66. The van der Waals surface area contributed by atoms with E-state index in [4.69, 9.17) is 4.74 Å². The van der Waals surface area contributed by atoms with Gasteiger partial charge in [-0.05, 0) is 47.9 Å². The molecule has 0 aromatic heterocycles. The lowest BCUT2D eigenvalue weighted by Gasteiger charge is -2.52. The average Bonchev–Trinajstić information content (AvgIpc) is 2.47. The standard InChI is InChI=1S/C17H26N2O2/c1-5-12-10-13(17(12,2)3)11-18-16(20)19-14-6-8-15(21-4)9-7-14/h6-9,12-13H,5,10-11H2,1-4H3,(H2,18,19,20)/t12-,13-/m1/s1. The number of amides is 2. The Morgan fingerprint density at radius 2 is 1.95 bits per heavy atom. The summed E-state index contributed by atoms with van der Waals surface area (Å²) in [5.41, 5.74) is 1.11. The number of methoxy groups -OCH3 is 1. The lowest BCUT2D eigenvalue weighted by molar-refractivity contribution is -0.0193. The number of ether oxygens (including phenoxy) is 1. The summed E-state index contributed by atoms with van der Waals surface area (Å²) in [6.07, 6.45) is 2.44. The number of hydrogen-bond donors (Lipinski definition) is 2. The van der Waals surface area contributed by atoms with Gasteiger partial charge in [0.1, 0.15) is 5.75 Å². The molecule has 2 amide bonds. The van der Waals surface area contributed by atoms with E-state index < -0.39 is 0 Å². The van der Waals surface area contributed by atoms with Crippen LogP contribution in [0, 0.1) is 17.3 Å². The molecule has 2 rings (SSSR count). The molecule has 0 heterocycles. The predicted molar refractivity (Wildman–Crippen MR) is 85.7 cm³/mol. The Morgan fingerprint density at radius 3 is 2.48 bits per heavy atom. The van der Waals surface area contributed by atoms with Crippen molar-refractivity contribution < 1.29 is 9.53 Å². The van der Waals surface area contributed by atoms with Crippen LogP contribution in [0.15, 0.2) is 24.3 Å². The lowest BCUT2D eigenvalue weighted by atomic mass is 9.54. The third kappa shape index (κ3) is 3.49. The van der Waals surface area contributed by atoms with Gasteiger partial charge in [-0.25, -0.2) is 4.79 Å². The van der Waals surface area contributed by atoms with Crippen molar-refractivity contribution in [3.05, 3.63) is 24.3 Å².